The zero-order valence-electron chi connectivity index (χ0n) is 18.6. The molecule has 1 aliphatic rings. The summed E-state index contributed by atoms with van der Waals surface area (Å²) in [6, 6.07) is 0. The minimum Gasteiger partial charge on any atom is -0.449 e. The Hall–Kier alpha value is -2.21. The molecule has 2 amide bonds. The number of ether oxygens (including phenoxy) is 1. The largest absolute Gasteiger partial charge is 0.449 e. The second kappa shape index (κ2) is 13.9. The number of unbranched alkanes of at least 4 members (excludes halogenated alkanes) is 4. The molecule has 3 atom stereocenters. The molecule has 6 nitrogen and oxygen atoms in total. The van der Waals surface area contributed by atoms with Crippen molar-refractivity contribution in [2.24, 2.45) is 11.8 Å². The van der Waals surface area contributed by atoms with Crippen molar-refractivity contribution in [2.75, 3.05) is 6.61 Å². The van der Waals surface area contributed by atoms with Crippen LogP contribution in [0.5, 0.6) is 0 Å². The second-order valence-corrected chi connectivity index (χ2v) is 8.14. The van der Waals surface area contributed by atoms with Crippen molar-refractivity contribution in [3.8, 4) is 0 Å². The van der Waals surface area contributed by atoms with Crippen molar-refractivity contribution in [1.29, 1.82) is 0 Å². The van der Waals surface area contributed by atoms with Crippen LogP contribution in [0.1, 0.15) is 72.1 Å². The molecule has 0 saturated carbocycles. The summed E-state index contributed by atoms with van der Waals surface area (Å²) in [5, 5.41) is 12.5. The van der Waals surface area contributed by atoms with Gasteiger partial charge in [-0.1, -0.05) is 56.6 Å². The van der Waals surface area contributed by atoms with E-state index < -0.39 is 17.6 Å². The summed E-state index contributed by atoms with van der Waals surface area (Å²) >= 11 is 0. The molecule has 30 heavy (non-hydrogen) atoms. The first-order valence-electron chi connectivity index (χ1n) is 11.0. The number of imide groups is 1. The van der Waals surface area contributed by atoms with Crippen molar-refractivity contribution in [2.45, 2.75) is 77.7 Å². The molecule has 0 unspecified atom stereocenters. The summed E-state index contributed by atoms with van der Waals surface area (Å²) in [6.45, 7) is 5.48. The summed E-state index contributed by atoms with van der Waals surface area (Å²) in [6.07, 6.45) is 17.7. The third-order valence-corrected chi connectivity index (χ3v) is 5.11. The number of carbonyl (C=O) groups is 3. The van der Waals surface area contributed by atoms with Crippen LogP contribution in [0.15, 0.2) is 36.5 Å². The number of carbonyl (C=O) groups excluding carboxylic acids is 3. The summed E-state index contributed by atoms with van der Waals surface area (Å²) < 4.78 is 4.88. The van der Waals surface area contributed by atoms with Gasteiger partial charge in [-0.25, -0.2) is 4.79 Å². The summed E-state index contributed by atoms with van der Waals surface area (Å²) in [7, 11) is 0. The average molecular weight is 420 g/mol. The Bertz CT molecular complexity index is 648. The molecule has 6 heteroatoms. The fourth-order valence-electron chi connectivity index (χ4n) is 3.33. The molecule has 0 saturated heterocycles. The monoisotopic (exact) mass is 419 g/mol. The number of hydrogen-bond donors (Lipinski definition) is 2. The van der Waals surface area contributed by atoms with Gasteiger partial charge >= 0.3 is 6.09 Å². The lowest BCUT2D eigenvalue weighted by Crippen LogP contribution is -2.28. The third-order valence-electron chi connectivity index (χ3n) is 5.11. The molecule has 0 aromatic rings. The quantitative estimate of drug-likeness (QED) is 0.335. The number of nitrogens with one attached hydrogen (secondary N) is 1. The number of alkyl carbamates (subject to hydrolysis) is 1. The molecule has 0 aromatic heterocycles. The Kier molecular flexibility index (Phi) is 12.0. The van der Waals surface area contributed by atoms with Crippen molar-refractivity contribution in [3.05, 3.63) is 36.5 Å². The molecule has 0 bridgehead atoms. The van der Waals surface area contributed by atoms with Crippen LogP contribution in [-0.2, 0) is 14.3 Å². The summed E-state index contributed by atoms with van der Waals surface area (Å²) in [5.41, 5.74) is -0.835. The van der Waals surface area contributed by atoms with E-state index in [0.717, 1.165) is 38.5 Å². The predicted octanol–water partition coefficient (Wildman–Crippen LogP) is 4.63. The number of amides is 2. The van der Waals surface area contributed by atoms with Crippen LogP contribution in [0.4, 0.5) is 4.79 Å². The Morgan fingerprint density at radius 1 is 1.23 bits per heavy atom. The van der Waals surface area contributed by atoms with Crippen molar-refractivity contribution >= 4 is 17.8 Å². The Labute approximate surface area is 180 Å². The number of aliphatic hydroxyl groups is 1. The minimum atomic E-state index is -0.835. The van der Waals surface area contributed by atoms with Crippen LogP contribution in [0.25, 0.3) is 0 Å². The van der Waals surface area contributed by atoms with Gasteiger partial charge in [-0.15, -0.1) is 0 Å². The first kappa shape index (κ1) is 25.8. The molecule has 0 aliphatic heterocycles. The fourth-order valence-corrected chi connectivity index (χ4v) is 3.33. The first-order valence-corrected chi connectivity index (χ1v) is 11.0. The van der Waals surface area contributed by atoms with Gasteiger partial charge in [0.2, 0.25) is 5.91 Å². The van der Waals surface area contributed by atoms with Crippen molar-refractivity contribution < 1.29 is 24.2 Å². The van der Waals surface area contributed by atoms with Crippen molar-refractivity contribution in [1.82, 2.24) is 5.32 Å². The number of ketones is 1. The van der Waals surface area contributed by atoms with Crippen LogP contribution in [-0.4, -0.2) is 35.1 Å². The maximum atomic E-state index is 12.2. The van der Waals surface area contributed by atoms with Crippen LogP contribution in [0.3, 0.4) is 0 Å². The van der Waals surface area contributed by atoms with Crippen LogP contribution in [0.2, 0.25) is 0 Å². The number of rotatable bonds is 13. The molecular weight excluding hydrogens is 382 g/mol. The van der Waals surface area contributed by atoms with Crippen LogP contribution < -0.4 is 5.32 Å². The van der Waals surface area contributed by atoms with Gasteiger partial charge in [0, 0.05) is 18.8 Å². The normalized spacial score (nSPS) is 20.7. The maximum absolute atomic E-state index is 12.2. The minimum absolute atomic E-state index is 0.0213. The smallest absolute Gasteiger partial charge is 0.413 e. The van der Waals surface area contributed by atoms with E-state index in [9.17, 15) is 19.5 Å². The van der Waals surface area contributed by atoms with E-state index >= 15 is 0 Å². The van der Waals surface area contributed by atoms with E-state index in [4.69, 9.17) is 4.74 Å². The lowest BCUT2D eigenvalue weighted by molar-refractivity contribution is -0.119. The SMILES string of the molecule is CCCCC[C@](C)(O)/C=C/[C@H]1C=CC(=O)[C@@H]1C/C=C\CCCCOC(=O)NC(C)=O. The van der Waals surface area contributed by atoms with Gasteiger partial charge in [0.15, 0.2) is 5.78 Å². The fraction of sp³-hybridized carbons (Fsp3) is 0.625. The zero-order valence-corrected chi connectivity index (χ0v) is 18.6. The molecule has 0 fully saturated rings. The van der Waals surface area contributed by atoms with E-state index in [1.807, 2.05) is 37.3 Å². The van der Waals surface area contributed by atoms with Gasteiger partial charge in [0.25, 0.3) is 0 Å². The van der Waals surface area contributed by atoms with E-state index in [1.165, 1.54) is 6.92 Å². The Balaban J connectivity index is 2.32. The highest BCUT2D eigenvalue weighted by Gasteiger charge is 2.28. The highest BCUT2D eigenvalue weighted by molar-refractivity contribution is 5.95. The van der Waals surface area contributed by atoms with Gasteiger partial charge in [0.05, 0.1) is 12.2 Å². The van der Waals surface area contributed by atoms with Crippen LogP contribution in [0, 0.1) is 11.8 Å². The van der Waals surface area contributed by atoms with Crippen LogP contribution >= 0.6 is 0 Å². The van der Waals surface area contributed by atoms with E-state index in [-0.39, 0.29) is 24.2 Å². The zero-order chi connectivity index (χ0) is 22.4. The van der Waals surface area contributed by atoms with Gasteiger partial charge in [-0.2, -0.15) is 0 Å². The number of hydrogen-bond acceptors (Lipinski definition) is 5. The third kappa shape index (κ3) is 11.1. The highest BCUT2D eigenvalue weighted by Crippen LogP contribution is 2.28. The highest BCUT2D eigenvalue weighted by atomic mass is 16.5. The molecule has 2 N–H and O–H groups in total. The lowest BCUT2D eigenvalue weighted by Gasteiger charge is -2.20. The molecule has 0 spiro atoms. The molecule has 0 heterocycles. The number of allylic oxidation sites excluding steroid dienone is 5. The van der Waals surface area contributed by atoms with Gasteiger partial charge in [-0.05, 0) is 45.1 Å². The summed E-state index contributed by atoms with van der Waals surface area (Å²) in [5.74, 6) is -0.396. The molecule has 0 aromatic carbocycles. The molecule has 1 aliphatic carbocycles. The first-order chi connectivity index (χ1) is 14.2. The lowest BCUT2D eigenvalue weighted by atomic mass is 9.88. The topological polar surface area (TPSA) is 92.7 Å². The van der Waals surface area contributed by atoms with Gasteiger partial charge < -0.3 is 9.84 Å². The van der Waals surface area contributed by atoms with E-state index in [1.54, 1.807) is 6.08 Å². The summed E-state index contributed by atoms with van der Waals surface area (Å²) in [4.78, 5) is 34.0. The standard InChI is InChI=1S/C24H37NO5/c1-4-5-10-16-24(3,29)17-15-20-13-14-22(27)21(20)12-9-7-6-8-11-18-30-23(28)25-19(2)26/h7,9,13-15,17,20-21,29H,4-6,8,10-12,16,18H2,1-3H3,(H,25,26,28)/b9-7-,17-15+/t20-,21-,24+/m1/s1. The molecule has 0 radical (unpaired) electrons. The molecule has 1 rings (SSSR count). The second-order valence-electron chi connectivity index (χ2n) is 8.14. The van der Waals surface area contributed by atoms with Gasteiger partial charge in [-0.3, -0.25) is 14.9 Å². The molecule has 168 valence electrons. The van der Waals surface area contributed by atoms with Gasteiger partial charge in [0.1, 0.15) is 0 Å². The predicted molar refractivity (Wildman–Crippen MR) is 118 cm³/mol. The Morgan fingerprint density at radius 3 is 2.70 bits per heavy atom. The Morgan fingerprint density at radius 2 is 2.00 bits per heavy atom. The molecular formula is C24H37NO5. The average Bonchev–Trinajstić information content (AvgIpc) is 3.01. The van der Waals surface area contributed by atoms with E-state index in [0.29, 0.717) is 12.8 Å². The van der Waals surface area contributed by atoms with E-state index in [2.05, 4.69) is 12.2 Å². The van der Waals surface area contributed by atoms with Crippen molar-refractivity contribution in [3.63, 3.8) is 0 Å². The maximum Gasteiger partial charge on any atom is 0.413 e.